The Labute approximate surface area is 321 Å². The Morgan fingerprint density at radius 2 is 1.80 bits per heavy atom. The van der Waals surface area contributed by atoms with Crippen molar-refractivity contribution in [3.05, 3.63) is 84.6 Å². The number of hydrogen-bond donors (Lipinski definition) is 4. The number of aryl methyl sites for hydroxylation is 1. The number of imide groups is 1. The summed E-state index contributed by atoms with van der Waals surface area (Å²) in [6, 6.07) is 6.41. The topological polar surface area (TPSA) is 180 Å². The molecular formula is C38H42ClN9O5S. The summed E-state index contributed by atoms with van der Waals surface area (Å²) >= 11 is 7.62. The summed E-state index contributed by atoms with van der Waals surface area (Å²) in [5.74, 6) is 0.0901. The highest BCUT2D eigenvalue weighted by molar-refractivity contribution is 7.10. The fourth-order valence-electron chi connectivity index (χ4n) is 7.42. The fourth-order valence-corrected chi connectivity index (χ4v) is 8.52. The zero-order valence-corrected chi connectivity index (χ0v) is 32.0. The van der Waals surface area contributed by atoms with Gasteiger partial charge in [-0.05, 0) is 69.8 Å². The van der Waals surface area contributed by atoms with Crippen LogP contribution < -0.4 is 21.3 Å². The molecule has 5 heterocycles. The predicted molar refractivity (Wildman–Crippen MR) is 204 cm³/mol. The van der Waals surface area contributed by atoms with E-state index in [2.05, 4.69) is 49.9 Å². The number of thiophene rings is 1. The van der Waals surface area contributed by atoms with E-state index in [4.69, 9.17) is 16.6 Å². The highest BCUT2D eigenvalue weighted by Crippen LogP contribution is 2.42. The second-order valence-corrected chi connectivity index (χ2v) is 15.4. The Hall–Kier alpha value is -4.99. The number of benzene rings is 1. The van der Waals surface area contributed by atoms with Gasteiger partial charge in [0.15, 0.2) is 5.82 Å². The standard InChI is InChI=1S/C38H42ClN9O5S/c1-20-14-29-34(21(20)2)35(23-6-8-24(39)9-7-23)43-27(36-46-45-22(3)48(29)36)15-32(50)41-13-5-4-12-40-17-33(51)42-16-30-25-18-47(38(53)26(25)19-54-30)28-10-11-31(49)44-37(28)52/h6-9,19,27-28,40H,4-5,10-18H2,1-3H3,(H,41,50)(H,42,51)(H,44,49,52)/t27-,28?/m0/s1. The van der Waals surface area contributed by atoms with E-state index in [1.54, 1.807) is 5.38 Å². The van der Waals surface area contributed by atoms with Crippen LogP contribution in [0, 0.1) is 6.92 Å². The Morgan fingerprint density at radius 1 is 1.02 bits per heavy atom. The monoisotopic (exact) mass is 771 g/mol. The number of unbranched alkanes of at least 4 members (excludes halogenated alkanes) is 1. The van der Waals surface area contributed by atoms with Gasteiger partial charge in [-0.3, -0.25) is 38.8 Å². The SMILES string of the molecule is CC1=C(C)C2=C(C1)n1c(C)nnc1[C@H](CC(=O)NCCCCNCC(=O)NCc1scc3c1CN(C1CCC(=O)NC1=O)C3=O)N=C2c1ccc(Cl)cc1. The second-order valence-electron chi connectivity index (χ2n) is 14.0. The Balaban J connectivity index is 0.859. The van der Waals surface area contributed by atoms with Crippen LogP contribution in [0.4, 0.5) is 0 Å². The number of amides is 5. The number of allylic oxidation sites excluding steroid dienone is 4. The average Bonchev–Trinajstić information content (AvgIpc) is 3.87. The number of hydrogen-bond acceptors (Lipinski definition) is 10. The first-order valence-corrected chi connectivity index (χ1v) is 19.4. The van der Waals surface area contributed by atoms with Crippen LogP contribution in [0.25, 0.3) is 5.70 Å². The number of piperidine rings is 1. The molecule has 7 rings (SSSR count). The number of aliphatic imine (C=N–C) groups is 1. The fraction of sp³-hybridized carbons (Fsp3) is 0.421. The van der Waals surface area contributed by atoms with Gasteiger partial charge in [-0.1, -0.05) is 29.3 Å². The Morgan fingerprint density at radius 3 is 2.57 bits per heavy atom. The third kappa shape index (κ3) is 7.52. The lowest BCUT2D eigenvalue weighted by atomic mass is 9.97. The van der Waals surface area contributed by atoms with Gasteiger partial charge >= 0.3 is 0 Å². The molecule has 1 fully saturated rings. The smallest absolute Gasteiger partial charge is 0.256 e. The van der Waals surface area contributed by atoms with Crippen molar-refractivity contribution < 1.29 is 24.0 Å². The number of nitrogens with zero attached hydrogens (tertiary/aromatic N) is 5. The molecule has 16 heteroatoms. The van der Waals surface area contributed by atoms with Crippen LogP contribution in [0.5, 0.6) is 0 Å². The molecule has 14 nitrogen and oxygen atoms in total. The number of nitrogens with one attached hydrogen (secondary N) is 4. The molecule has 282 valence electrons. The molecule has 1 unspecified atom stereocenters. The Bertz CT molecular complexity index is 2130. The van der Waals surface area contributed by atoms with Gasteiger partial charge in [0.1, 0.15) is 17.9 Å². The summed E-state index contributed by atoms with van der Waals surface area (Å²) < 4.78 is 2.06. The summed E-state index contributed by atoms with van der Waals surface area (Å²) in [6.07, 6.45) is 2.84. The first-order valence-electron chi connectivity index (χ1n) is 18.1. The molecule has 1 aromatic carbocycles. The first-order chi connectivity index (χ1) is 26.0. The summed E-state index contributed by atoms with van der Waals surface area (Å²) in [5.41, 5.74) is 7.65. The van der Waals surface area contributed by atoms with E-state index in [1.165, 1.54) is 21.8 Å². The van der Waals surface area contributed by atoms with Crippen molar-refractivity contribution in [3.8, 4) is 0 Å². The largest absolute Gasteiger partial charge is 0.356 e. The molecule has 2 atom stereocenters. The molecule has 3 aromatic rings. The van der Waals surface area contributed by atoms with Crippen molar-refractivity contribution in [3.63, 3.8) is 0 Å². The van der Waals surface area contributed by atoms with Gasteiger partial charge in [0.05, 0.1) is 30.8 Å². The molecule has 0 bridgehead atoms. The minimum absolute atomic E-state index is 0.118. The van der Waals surface area contributed by atoms with Gasteiger partial charge in [0.2, 0.25) is 23.6 Å². The van der Waals surface area contributed by atoms with Crippen LogP contribution in [0.3, 0.4) is 0 Å². The molecular weight excluding hydrogens is 730 g/mol. The normalized spacial score (nSPS) is 19.4. The van der Waals surface area contributed by atoms with E-state index in [0.29, 0.717) is 35.9 Å². The number of carbonyl (C=O) groups is 5. The average molecular weight is 772 g/mol. The minimum Gasteiger partial charge on any atom is -0.356 e. The lowest BCUT2D eigenvalue weighted by molar-refractivity contribution is -0.137. The summed E-state index contributed by atoms with van der Waals surface area (Å²) in [6.45, 7) is 7.91. The maximum Gasteiger partial charge on any atom is 0.256 e. The van der Waals surface area contributed by atoms with E-state index in [-0.39, 0.29) is 56.1 Å². The molecule has 5 amide bonds. The van der Waals surface area contributed by atoms with Crippen molar-refractivity contribution in [2.24, 2.45) is 4.99 Å². The van der Waals surface area contributed by atoms with Gasteiger partial charge in [0.25, 0.3) is 5.91 Å². The second kappa shape index (κ2) is 15.8. The summed E-state index contributed by atoms with van der Waals surface area (Å²) in [7, 11) is 0. The Kier molecular flexibility index (Phi) is 10.9. The van der Waals surface area contributed by atoms with Crippen LogP contribution >= 0.6 is 22.9 Å². The maximum absolute atomic E-state index is 13.3. The predicted octanol–water partition coefficient (Wildman–Crippen LogP) is 3.75. The molecule has 1 saturated heterocycles. The number of fused-ring (bicyclic) bond motifs is 3. The van der Waals surface area contributed by atoms with E-state index < -0.39 is 18.0 Å². The van der Waals surface area contributed by atoms with Crippen molar-refractivity contribution in [2.75, 3.05) is 19.6 Å². The lowest BCUT2D eigenvalue weighted by Gasteiger charge is -2.29. The van der Waals surface area contributed by atoms with Crippen molar-refractivity contribution in [2.45, 2.75) is 84.5 Å². The van der Waals surface area contributed by atoms with Gasteiger partial charge in [-0.15, -0.1) is 21.5 Å². The van der Waals surface area contributed by atoms with Crippen molar-refractivity contribution in [1.82, 2.24) is 40.9 Å². The lowest BCUT2D eigenvalue weighted by Crippen LogP contribution is -2.52. The van der Waals surface area contributed by atoms with Crippen LogP contribution in [0.1, 0.15) is 96.4 Å². The van der Waals surface area contributed by atoms with Gasteiger partial charge in [-0.2, -0.15) is 0 Å². The molecule has 1 aliphatic carbocycles. The third-order valence-corrected chi connectivity index (χ3v) is 11.7. The molecule has 3 aliphatic heterocycles. The van der Waals surface area contributed by atoms with E-state index >= 15 is 0 Å². The van der Waals surface area contributed by atoms with E-state index in [1.807, 2.05) is 31.2 Å². The maximum atomic E-state index is 13.3. The van der Waals surface area contributed by atoms with E-state index in [9.17, 15) is 24.0 Å². The van der Waals surface area contributed by atoms with Crippen LogP contribution in [-0.4, -0.2) is 80.6 Å². The highest BCUT2D eigenvalue weighted by Gasteiger charge is 2.41. The summed E-state index contributed by atoms with van der Waals surface area (Å²) in [5, 5.41) is 22.7. The molecule has 0 spiro atoms. The van der Waals surface area contributed by atoms with E-state index in [0.717, 1.165) is 63.6 Å². The van der Waals surface area contributed by atoms with Crippen LogP contribution in [0.15, 0.2) is 51.4 Å². The zero-order valence-electron chi connectivity index (χ0n) is 30.4. The molecule has 4 N–H and O–H groups in total. The number of aromatic nitrogens is 3. The molecule has 54 heavy (non-hydrogen) atoms. The minimum atomic E-state index is -0.672. The number of halogens is 1. The number of rotatable bonds is 13. The van der Waals surface area contributed by atoms with Crippen LogP contribution in [-0.2, 0) is 32.3 Å². The first kappa shape index (κ1) is 37.3. The quantitative estimate of drug-likeness (QED) is 0.150. The zero-order chi connectivity index (χ0) is 38.1. The van der Waals surface area contributed by atoms with Gasteiger partial charge in [0, 0.05) is 58.0 Å². The molecule has 4 aliphatic rings. The number of carbonyl (C=O) groups excluding carboxylic acids is 5. The van der Waals surface area contributed by atoms with Crippen molar-refractivity contribution >= 4 is 63.9 Å². The third-order valence-electron chi connectivity index (χ3n) is 10.4. The van der Waals surface area contributed by atoms with Crippen LogP contribution in [0.2, 0.25) is 5.02 Å². The molecule has 0 radical (unpaired) electrons. The van der Waals surface area contributed by atoms with Crippen molar-refractivity contribution in [1.29, 1.82) is 0 Å². The van der Waals surface area contributed by atoms with Gasteiger partial charge < -0.3 is 20.9 Å². The van der Waals surface area contributed by atoms with Gasteiger partial charge in [-0.25, -0.2) is 0 Å². The highest BCUT2D eigenvalue weighted by atomic mass is 35.5. The molecule has 0 saturated carbocycles. The molecule has 2 aromatic heterocycles. The summed E-state index contributed by atoms with van der Waals surface area (Å²) in [4.78, 5) is 70.2.